The molecule has 0 saturated carbocycles. The molecule has 0 spiro atoms. The molecule has 0 aromatic carbocycles. The summed E-state index contributed by atoms with van der Waals surface area (Å²) in [4.78, 5) is 0. The zero-order chi connectivity index (χ0) is 11.9. The third-order valence-electron chi connectivity index (χ3n) is 2.57. The molecule has 15 heavy (non-hydrogen) atoms. The Labute approximate surface area is 108 Å². The fraction of sp³-hybridized carbons (Fsp3) is 1.00. The second-order valence-electron chi connectivity index (χ2n) is 4.96. The summed E-state index contributed by atoms with van der Waals surface area (Å²) in [6, 6.07) is 0. The largest absolute Gasteiger partial charge is 0.379 e. The van der Waals surface area contributed by atoms with Crippen molar-refractivity contribution in [2.75, 3.05) is 20.3 Å². The highest BCUT2D eigenvalue weighted by molar-refractivity contribution is 14.1. The molecule has 0 bridgehead atoms. The summed E-state index contributed by atoms with van der Waals surface area (Å²) in [5, 5.41) is 0. The van der Waals surface area contributed by atoms with Crippen LogP contribution in [-0.4, -0.2) is 31.5 Å². The Balaban J connectivity index is 3.74. The van der Waals surface area contributed by atoms with E-state index in [2.05, 4.69) is 54.1 Å². The maximum Gasteiger partial charge on any atom is 0.0644 e. The quantitative estimate of drug-likeness (QED) is 0.549. The molecule has 0 aliphatic heterocycles. The van der Waals surface area contributed by atoms with Gasteiger partial charge in [0.15, 0.2) is 0 Å². The van der Waals surface area contributed by atoms with Gasteiger partial charge < -0.3 is 9.47 Å². The Hall–Kier alpha value is 0.610. The van der Waals surface area contributed by atoms with Crippen LogP contribution in [0.3, 0.4) is 0 Å². The van der Waals surface area contributed by atoms with E-state index in [1.54, 1.807) is 7.11 Å². The highest BCUT2D eigenvalue weighted by atomic mass is 127. The minimum atomic E-state index is -0.0857. The molecule has 0 aromatic rings. The van der Waals surface area contributed by atoms with Crippen molar-refractivity contribution >= 4 is 22.9 Å². The molecule has 0 atom stereocenters. The summed E-state index contributed by atoms with van der Waals surface area (Å²) in [5.41, 5.74) is -0.139. The molecule has 0 aliphatic rings. The minimum absolute atomic E-state index is 0.0536. The third-order valence-corrected chi connectivity index (χ3v) is 3.11. The summed E-state index contributed by atoms with van der Waals surface area (Å²) in [7, 11) is 1.74. The standard InChI is InChI=1S/C11H24INO2/c1-10(2,14-5)7-9-15-11(3,4)6-8-13-12/h13H,6-9H2,1-5H3. The van der Waals surface area contributed by atoms with E-state index < -0.39 is 0 Å². The van der Waals surface area contributed by atoms with Crippen molar-refractivity contribution in [2.45, 2.75) is 51.7 Å². The van der Waals surface area contributed by atoms with E-state index in [1.807, 2.05) is 0 Å². The molecule has 0 fully saturated rings. The first kappa shape index (κ1) is 15.6. The molecule has 4 heteroatoms. The van der Waals surface area contributed by atoms with Gasteiger partial charge in [-0.1, -0.05) is 0 Å². The number of hydrogen-bond acceptors (Lipinski definition) is 3. The first-order valence-corrected chi connectivity index (χ1v) is 6.43. The van der Waals surface area contributed by atoms with Gasteiger partial charge in [-0.25, -0.2) is 0 Å². The molecule has 0 rings (SSSR count). The van der Waals surface area contributed by atoms with E-state index >= 15 is 0 Å². The van der Waals surface area contributed by atoms with Gasteiger partial charge in [0.05, 0.1) is 17.8 Å². The van der Waals surface area contributed by atoms with Gasteiger partial charge in [-0.05, 0) is 40.5 Å². The Morgan fingerprint density at radius 2 is 1.67 bits per heavy atom. The van der Waals surface area contributed by atoms with Crippen molar-refractivity contribution in [3.05, 3.63) is 0 Å². The first-order valence-electron chi connectivity index (χ1n) is 5.35. The molecule has 0 amide bonds. The van der Waals surface area contributed by atoms with Crippen LogP contribution in [0.5, 0.6) is 0 Å². The van der Waals surface area contributed by atoms with Crippen LogP contribution >= 0.6 is 22.9 Å². The summed E-state index contributed by atoms with van der Waals surface area (Å²) in [6.45, 7) is 10.1. The Morgan fingerprint density at radius 1 is 1.07 bits per heavy atom. The van der Waals surface area contributed by atoms with Crippen LogP contribution in [0, 0.1) is 0 Å². The van der Waals surface area contributed by atoms with Crippen molar-refractivity contribution in [3.63, 3.8) is 0 Å². The molecule has 3 nitrogen and oxygen atoms in total. The highest BCUT2D eigenvalue weighted by Gasteiger charge is 2.21. The lowest BCUT2D eigenvalue weighted by molar-refractivity contribution is -0.0601. The smallest absolute Gasteiger partial charge is 0.0644 e. The Kier molecular flexibility index (Phi) is 7.32. The first-order chi connectivity index (χ1) is 6.83. The molecule has 0 saturated heterocycles. The number of hydrogen-bond donors (Lipinski definition) is 1. The second-order valence-corrected chi connectivity index (χ2v) is 5.72. The van der Waals surface area contributed by atoms with Gasteiger partial charge in [0.25, 0.3) is 0 Å². The van der Waals surface area contributed by atoms with Gasteiger partial charge in [0.1, 0.15) is 0 Å². The lowest BCUT2D eigenvalue weighted by atomic mass is 10.0. The van der Waals surface area contributed by atoms with E-state index in [4.69, 9.17) is 9.47 Å². The molecule has 0 aromatic heterocycles. The van der Waals surface area contributed by atoms with E-state index in [0.29, 0.717) is 0 Å². The monoisotopic (exact) mass is 329 g/mol. The SMILES string of the molecule is COC(C)(C)CCOC(C)(C)CCNI. The van der Waals surface area contributed by atoms with E-state index in [9.17, 15) is 0 Å². The number of nitrogens with one attached hydrogen (secondary N) is 1. The minimum Gasteiger partial charge on any atom is -0.379 e. The molecule has 0 aliphatic carbocycles. The van der Waals surface area contributed by atoms with Crippen molar-refractivity contribution in [1.29, 1.82) is 0 Å². The fourth-order valence-electron chi connectivity index (χ4n) is 1.10. The molecule has 92 valence electrons. The number of rotatable bonds is 8. The van der Waals surface area contributed by atoms with Crippen LogP contribution in [0.4, 0.5) is 0 Å². The Morgan fingerprint density at radius 3 is 2.13 bits per heavy atom. The summed E-state index contributed by atoms with van der Waals surface area (Å²) < 4.78 is 14.3. The van der Waals surface area contributed by atoms with Crippen molar-refractivity contribution in [1.82, 2.24) is 3.53 Å². The lowest BCUT2D eigenvalue weighted by Crippen LogP contribution is -2.31. The number of halogens is 1. The second kappa shape index (κ2) is 7.04. The molecule has 0 unspecified atom stereocenters. The fourth-order valence-corrected chi connectivity index (χ4v) is 1.37. The highest BCUT2D eigenvalue weighted by Crippen LogP contribution is 2.18. The van der Waals surface area contributed by atoms with Crippen LogP contribution in [0.2, 0.25) is 0 Å². The normalized spacial score (nSPS) is 13.2. The topological polar surface area (TPSA) is 30.5 Å². The molecular formula is C11H24INO2. The maximum atomic E-state index is 5.85. The maximum absolute atomic E-state index is 5.85. The predicted molar refractivity (Wildman–Crippen MR) is 72.4 cm³/mol. The summed E-state index contributed by atoms with van der Waals surface area (Å²) >= 11 is 2.16. The Bertz CT molecular complexity index is 172. The summed E-state index contributed by atoms with van der Waals surface area (Å²) in [6.07, 6.45) is 1.94. The van der Waals surface area contributed by atoms with Gasteiger partial charge in [0, 0.05) is 36.5 Å². The van der Waals surface area contributed by atoms with Crippen LogP contribution in [-0.2, 0) is 9.47 Å². The molecule has 1 N–H and O–H groups in total. The van der Waals surface area contributed by atoms with Gasteiger partial charge in [-0.15, -0.1) is 0 Å². The predicted octanol–water partition coefficient (Wildman–Crippen LogP) is 2.93. The number of methoxy groups -OCH3 is 1. The average molecular weight is 329 g/mol. The van der Waals surface area contributed by atoms with Crippen LogP contribution in [0.15, 0.2) is 0 Å². The zero-order valence-electron chi connectivity index (χ0n) is 10.5. The van der Waals surface area contributed by atoms with Gasteiger partial charge >= 0.3 is 0 Å². The van der Waals surface area contributed by atoms with Crippen molar-refractivity contribution in [3.8, 4) is 0 Å². The number of ether oxygens (including phenoxy) is 2. The summed E-state index contributed by atoms with van der Waals surface area (Å²) in [5.74, 6) is 0. The van der Waals surface area contributed by atoms with Crippen molar-refractivity contribution < 1.29 is 9.47 Å². The van der Waals surface area contributed by atoms with Crippen molar-refractivity contribution in [2.24, 2.45) is 0 Å². The van der Waals surface area contributed by atoms with Gasteiger partial charge in [-0.2, -0.15) is 0 Å². The zero-order valence-corrected chi connectivity index (χ0v) is 12.7. The van der Waals surface area contributed by atoms with Crippen LogP contribution < -0.4 is 3.53 Å². The average Bonchev–Trinajstić information content (AvgIpc) is 2.14. The van der Waals surface area contributed by atoms with Gasteiger partial charge in [0.2, 0.25) is 0 Å². The van der Waals surface area contributed by atoms with Gasteiger partial charge in [-0.3, -0.25) is 3.53 Å². The molecular weight excluding hydrogens is 305 g/mol. The van der Waals surface area contributed by atoms with E-state index in [1.165, 1.54) is 0 Å². The molecule has 0 radical (unpaired) electrons. The molecule has 0 heterocycles. The third kappa shape index (κ3) is 8.42. The lowest BCUT2D eigenvalue weighted by Gasteiger charge is -2.28. The van der Waals surface area contributed by atoms with Crippen LogP contribution in [0.25, 0.3) is 0 Å². The van der Waals surface area contributed by atoms with Crippen LogP contribution in [0.1, 0.15) is 40.5 Å². The van der Waals surface area contributed by atoms with E-state index in [0.717, 1.165) is 26.0 Å². The van der Waals surface area contributed by atoms with E-state index in [-0.39, 0.29) is 11.2 Å².